The van der Waals surface area contributed by atoms with Crippen molar-refractivity contribution in [2.24, 2.45) is 11.7 Å². The van der Waals surface area contributed by atoms with Crippen molar-refractivity contribution >= 4 is 0 Å². The average molecular weight is 254 g/mol. The Morgan fingerprint density at radius 3 is 2.39 bits per heavy atom. The summed E-state index contributed by atoms with van der Waals surface area (Å²) in [6.07, 6.45) is 11.5. The van der Waals surface area contributed by atoms with Crippen molar-refractivity contribution in [2.75, 3.05) is 26.2 Å². The molecule has 0 radical (unpaired) electrons. The van der Waals surface area contributed by atoms with E-state index in [1.165, 1.54) is 71.0 Å². The summed E-state index contributed by atoms with van der Waals surface area (Å²) in [5, 5.41) is 9.48. The Morgan fingerprint density at radius 1 is 1.06 bits per heavy atom. The van der Waals surface area contributed by atoms with Crippen molar-refractivity contribution in [2.45, 2.75) is 63.3 Å². The topological polar surface area (TPSA) is 49.5 Å². The molecule has 2 fully saturated rings. The molecule has 2 rings (SSSR count). The average Bonchev–Trinajstić information content (AvgIpc) is 2.70. The molecule has 0 amide bonds. The van der Waals surface area contributed by atoms with Gasteiger partial charge >= 0.3 is 0 Å². The molecule has 1 heterocycles. The number of hydrogen-bond acceptors (Lipinski definition) is 3. The number of nitrogens with two attached hydrogens (primary N) is 1. The van der Waals surface area contributed by atoms with Crippen LogP contribution in [0.2, 0.25) is 0 Å². The van der Waals surface area contributed by atoms with Crippen molar-refractivity contribution < 1.29 is 5.11 Å². The quantitative estimate of drug-likeness (QED) is 0.808. The zero-order chi connectivity index (χ0) is 12.8. The first-order chi connectivity index (χ1) is 8.74. The van der Waals surface area contributed by atoms with Crippen molar-refractivity contribution in [3.05, 3.63) is 0 Å². The molecule has 106 valence electrons. The van der Waals surface area contributed by atoms with Gasteiger partial charge in [-0.2, -0.15) is 0 Å². The van der Waals surface area contributed by atoms with Gasteiger partial charge in [0.25, 0.3) is 0 Å². The van der Waals surface area contributed by atoms with Crippen LogP contribution in [-0.4, -0.2) is 41.8 Å². The maximum Gasteiger partial charge on any atom is 0.0613 e. The SMILES string of the molecule is NC1(CO)CCCC1CCN1CCCCCCC1. The minimum atomic E-state index is -0.275. The summed E-state index contributed by atoms with van der Waals surface area (Å²) in [6, 6.07) is 0. The Bertz CT molecular complexity index is 239. The van der Waals surface area contributed by atoms with Crippen molar-refractivity contribution in [3.63, 3.8) is 0 Å². The van der Waals surface area contributed by atoms with Crippen LogP contribution in [0.25, 0.3) is 0 Å². The summed E-state index contributed by atoms with van der Waals surface area (Å²) in [5.41, 5.74) is 6.03. The summed E-state index contributed by atoms with van der Waals surface area (Å²) < 4.78 is 0. The van der Waals surface area contributed by atoms with Gasteiger partial charge in [-0.25, -0.2) is 0 Å². The second-order valence-corrected chi connectivity index (χ2v) is 6.38. The van der Waals surface area contributed by atoms with Gasteiger partial charge in [-0.05, 0) is 57.7 Å². The Morgan fingerprint density at radius 2 is 1.72 bits per heavy atom. The molecule has 1 saturated heterocycles. The van der Waals surface area contributed by atoms with Gasteiger partial charge in [0.15, 0.2) is 0 Å². The second-order valence-electron chi connectivity index (χ2n) is 6.38. The largest absolute Gasteiger partial charge is 0.394 e. The van der Waals surface area contributed by atoms with Crippen LogP contribution >= 0.6 is 0 Å². The lowest BCUT2D eigenvalue weighted by molar-refractivity contribution is 0.141. The van der Waals surface area contributed by atoms with Crippen molar-refractivity contribution in [3.8, 4) is 0 Å². The van der Waals surface area contributed by atoms with Gasteiger partial charge in [-0.15, -0.1) is 0 Å². The molecule has 0 aromatic heterocycles. The van der Waals surface area contributed by atoms with Crippen LogP contribution in [0.3, 0.4) is 0 Å². The standard InChI is InChI=1S/C15H30N2O/c16-15(13-18)9-6-7-14(15)8-12-17-10-4-2-1-3-5-11-17/h14,18H,1-13,16H2. The Labute approximate surface area is 112 Å². The molecule has 1 aliphatic carbocycles. The first-order valence-corrected chi connectivity index (χ1v) is 7.87. The molecule has 1 saturated carbocycles. The number of hydrogen-bond donors (Lipinski definition) is 2. The lowest BCUT2D eigenvalue weighted by atomic mass is 9.86. The van der Waals surface area contributed by atoms with E-state index in [-0.39, 0.29) is 12.1 Å². The molecule has 0 aromatic carbocycles. The number of nitrogens with zero attached hydrogens (tertiary/aromatic N) is 1. The predicted molar refractivity (Wildman–Crippen MR) is 75.5 cm³/mol. The van der Waals surface area contributed by atoms with Crippen molar-refractivity contribution in [1.82, 2.24) is 4.90 Å². The van der Waals surface area contributed by atoms with Crippen molar-refractivity contribution in [1.29, 1.82) is 0 Å². The zero-order valence-electron chi connectivity index (χ0n) is 11.7. The molecule has 3 nitrogen and oxygen atoms in total. The molecular formula is C15H30N2O. The third-order valence-corrected chi connectivity index (χ3v) is 5.04. The zero-order valence-corrected chi connectivity index (χ0v) is 11.7. The molecule has 3 heteroatoms. The Balaban J connectivity index is 1.75. The van der Waals surface area contributed by atoms with Gasteiger partial charge in [-0.3, -0.25) is 0 Å². The van der Waals surface area contributed by atoms with E-state index in [0.29, 0.717) is 5.92 Å². The van der Waals surface area contributed by atoms with Gasteiger partial charge in [-0.1, -0.05) is 25.7 Å². The molecule has 0 bridgehead atoms. The fourth-order valence-corrected chi connectivity index (χ4v) is 3.68. The minimum Gasteiger partial charge on any atom is -0.394 e. The Hall–Kier alpha value is -0.120. The highest BCUT2D eigenvalue weighted by atomic mass is 16.3. The van der Waals surface area contributed by atoms with Crippen LogP contribution in [0, 0.1) is 5.92 Å². The molecule has 1 aliphatic heterocycles. The number of aliphatic hydroxyl groups excluding tert-OH is 1. The summed E-state index contributed by atoms with van der Waals surface area (Å²) in [6.45, 7) is 3.88. The Kier molecular flexibility index (Phi) is 5.46. The molecule has 2 atom stereocenters. The monoisotopic (exact) mass is 254 g/mol. The van der Waals surface area contributed by atoms with Crippen LogP contribution < -0.4 is 5.73 Å². The lowest BCUT2D eigenvalue weighted by Crippen LogP contribution is -2.48. The highest BCUT2D eigenvalue weighted by Crippen LogP contribution is 2.35. The van der Waals surface area contributed by atoms with Gasteiger partial charge in [0, 0.05) is 5.54 Å². The van der Waals surface area contributed by atoms with Crippen LogP contribution in [0.5, 0.6) is 0 Å². The van der Waals surface area contributed by atoms with Gasteiger partial charge in [0.05, 0.1) is 6.61 Å². The number of aliphatic hydroxyl groups is 1. The predicted octanol–water partition coefficient (Wildman–Crippen LogP) is 2.13. The maximum atomic E-state index is 9.48. The van der Waals surface area contributed by atoms with E-state index in [9.17, 15) is 5.11 Å². The van der Waals surface area contributed by atoms with Crippen LogP contribution in [0.15, 0.2) is 0 Å². The summed E-state index contributed by atoms with van der Waals surface area (Å²) in [5.74, 6) is 0.535. The molecule has 3 N–H and O–H groups in total. The molecular weight excluding hydrogens is 224 g/mol. The van der Waals surface area contributed by atoms with E-state index in [4.69, 9.17) is 5.73 Å². The van der Waals surface area contributed by atoms with Crippen LogP contribution in [-0.2, 0) is 0 Å². The second kappa shape index (κ2) is 6.88. The third kappa shape index (κ3) is 3.69. The molecule has 0 spiro atoms. The van der Waals surface area contributed by atoms with E-state index in [1.54, 1.807) is 0 Å². The van der Waals surface area contributed by atoms with E-state index in [1.807, 2.05) is 0 Å². The number of likely N-dealkylation sites (tertiary alicyclic amines) is 1. The van der Waals surface area contributed by atoms with Gasteiger partial charge in [0.2, 0.25) is 0 Å². The fourth-order valence-electron chi connectivity index (χ4n) is 3.68. The van der Waals surface area contributed by atoms with Gasteiger partial charge in [0.1, 0.15) is 0 Å². The lowest BCUT2D eigenvalue weighted by Gasteiger charge is -2.32. The molecule has 0 aromatic rings. The van der Waals surface area contributed by atoms with Crippen LogP contribution in [0.1, 0.15) is 57.8 Å². The normalized spacial score (nSPS) is 35.3. The maximum absolute atomic E-state index is 9.48. The molecule has 18 heavy (non-hydrogen) atoms. The highest BCUT2D eigenvalue weighted by molar-refractivity contribution is 4.96. The smallest absolute Gasteiger partial charge is 0.0613 e. The van der Waals surface area contributed by atoms with E-state index in [0.717, 1.165) is 6.42 Å². The number of rotatable bonds is 4. The third-order valence-electron chi connectivity index (χ3n) is 5.04. The van der Waals surface area contributed by atoms with E-state index < -0.39 is 0 Å². The van der Waals surface area contributed by atoms with Gasteiger partial charge < -0.3 is 15.7 Å². The minimum absolute atomic E-state index is 0.164. The summed E-state index contributed by atoms with van der Waals surface area (Å²) >= 11 is 0. The highest BCUT2D eigenvalue weighted by Gasteiger charge is 2.38. The van der Waals surface area contributed by atoms with E-state index in [2.05, 4.69) is 4.90 Å². The summed E-state index contributed by atoms with van der Waals surface area (Å²) in [7, 11) is 0. The fraction of sp³-hybridized carbons (Fsp3) is 1.00. The summed E-state index contributed by atoms with van der Waals surface area (Å²) in [4.78, 5) is 2.62. The van der Waals surface area contributed by atoms with Crippen LogP contribution in [0.4, 0.5) is 0 Å². The first-order valence-electron chi connectivity index (χ1n) is 7.87. The first kappa shape index (κ1) is 14.3. The van der Waals surface area contributed by atoms with E-state index >= 15 is 0 Å². The molecule has 2 aliphatic rings. The molecule has 2 unspecified atom stereocenters.